The van der Waals surface area contributed by atoms with E-state index in [0.717, 1.165) is 0 Å². The molecule has 1 unspecified atom stereocenters. The summed E-state index contributed by atoms with van der Waals surface area (Å²) in [6, 6.07) is 0. The molecule has 110 valence electrons. The van der Waals surface area contributed by atoms with Crippen LogP contribution in [0.25, 0.3) is 0 Å². The maximum Gasteiger partial charge on any atom is 0.416 e. The third-order valence-corrected chi connectivity index (χ3v) is 0.716. The molecule has 0 N–H and O–H groups in total. The fourth-order valence-corrected chi connectivity index (χ4v) is 0.186. The summed E-state index contributed by atoms with van der Waals surface area (Å²) in [5.41, 5.74) is 0. The van der Waals surface area contributed by atoms with E-state index in [1.54, 1.807) is 6.92 Å². The Morgan fingerprint density at radius 1 is 1.00 bits per heavy atom. The van der Waals surface area contributed by atoms with E-state index >= 15 is 0 Å². The molecular weight excluding hydrogens is 264 g/mol. The summed E-state index contributed by atoms with van der Waals surface area (Å²) >= 11 is 0. The molecule has 0 fully saturated rings. The summed E-state index contributed by atoms with van der Waals surface area (Å²) < 4.78 is 87.1. The standard InChI is InChI=1S/C4H8F2O.C2H2F4.2CH3F/c1-2-4(6)7-3-5;3-1-2(4,5)6;2*1-2/h4H,2-3H2,1H3;1H2;2*1H3. The Labute approximate surface area is 94.7 Å². The summed E-state index contributed by atoms with van der Waals surface area (Å²) in [4.78, 5) is 0. The van der Waals surface area contributed by atoms with Gasteiger partial charge in [-0.25, -0.2) is 13.2 Å². The quantitative estimate of drug-likeness (QED) is 0.699. The highest BCUT2D eigenvalue weighted by atomic mass is 19.4. The fraction of sp³-hybridized carbons (Fsp3) is 1.00. The summed E-state index contributed by atoms with van der Waals surface area (Å²) in [5, 5.41) is 0. The molecule has 0 amide bonds. The molecule has 0 aromatic rings. The number of rotatable bonds is 3. The van der Waals surface area contributed by atoms with Gasteiger partial charge in [0, 0.05) is 6.42 Å². The van der Waals surface area contributed by atoms with Gasteiger partial charge in [-0.2, -0.15) is 13.2 Å². The van der Waals surface area contributed by atoms with Crippen molar-refractivity contribution in [2.24, 2.45) is 0 Å². The van der Waals surface area contributed by atoms with Crippen LogP contribution < -0.4 is 0 Å². The van der Waals surface area contributed by atoms with Gasteiger partial charge in [0.25, 0.3) is 0 Å². The molecule has 0 saturated heterocycles. The van der Waals surface area contributed by atoms with Crippen molar-refractivity contribution in [2.75, 3.05) is 27.9 Å². The van der Waals surface area contributed by atoms with Crippen LogP contribution >= 0.6 is 0 Å². The van der Waals surface area contributed by atoms with Crippen LogP contribution in [0.3, 0.4) is 0 Å². The first-order chi connectivity index (χ1) is 7.87. The smallest absolute Gasteiger partial charge is 0.317 e. The topological polar surface area (TPSA) is 9.23 Å². The van der Waals surface area contributed by atoms with Crippen LogP contribution in [0.1, 0.15) is 13.3 Å². The van der Waals surface area contributed by atoms with Gasteiger partial charge in [0.1, 0.15) is 0 Å². The first-order valence-electron chi connectivity index (χ1n) is 4.07. The van der Waals surface area contributed by atoms with Crippen molar-refractivity contribution in [1.82, 2.24) is 0 Å². The number of hydrogen-bond acceptors (Lipinski definition) is 1. The van der Waals surface area contributed by atoms with Gasteiger partial charge in [-0.15, -0.1) is 0 Å². The van der Waals surface area contributed by atoms with Crippen LogP contribution in [0.5, 0.6) is 0 Å². The lowest BCUT2D eigenvalue weighted by atomic mass is 10.5. The number of halogens is 8. The molecule has 0 heterocycles. The molecule has 0 radical (unpaired) electrons. The van der Waals surface area contributed by atoms with Crippen LogP contribution in [0.15, 0.2) is 0 Å². The normalized spacial score (nSPS) is 10.8. The van der Waals surface area contributed by atoms with E-state index in [4.69, 9.17) is 0 Å². The van der Waals surface area contributed by atoms with Gasteiger partial charge in [-0.3, -0.25) is 8.78 Å². The summed E-state index contributed by atoms with van der Waals surface area (Å²) in [6.07, 6.45) is -5.84. The van der Waals surface area contributed by atoms with Crippen molar-refractivity contribution in [1.29, 1.82) is 0 Å². The van der Waals surface area contributed by atoms with E-state index in [2.05, 4.69) is 4.74 Å². The summed E-state index contributed by atoms with van der Waals surface area (Å²) in [6.45, 7) is -1.68. The van der Waals surface area contributed by atoms with E-state index < -0.39 is 26.1 Å². The zero-order chi connectivity index (χ0) is 14.9. The number of ether oxygens (including phenoxy) is 1. The lowest BCUT2D eigenvalue weighted by Gasteiger charge is -1.99. The second-order valence-electron chi connectivity index (χ2n) is 1.84. The van der Waals surface area contributed by atoms with Crippen molar-refractivity contribution >= 4 is 0 Å². The van der Waals surface area contributed by atoms with Crippen molar-refractivity contribution in [2.45, 2.75) is 25.9 Å². The predicted octanol–water partition coefficient (Wildman–Crippen LogP) is 4.33. The largest absolute Gasteiger partial charge is 0.416 e. The maximum atomic E-state index is 11.7. The molecule has 17 heavy (non-hydrogen) atoms. The molecule has 1 atom stereocenters. The van der Waals surface area contributed by atoms with Crippen molar-refractivity contribution in [3.05, 3.63) is 0 Å². The highest BCUT2D eigenvalue weighted by molar-refractivity contribution is 4.39. The van der Waals surface area contributed by atoms with Crippen LogP contribution in [-0.2, 0) is 4.74 Å². The number of alkyl halides is 8. The van der Waals surface area contributed by atoms with Crippen LogP contribution in [0.4, 0.5) is 35.1 Å². The first-order valence-corrected chi connectivity index (χ1v) is 4.07. The van der Waals surface area contributed by atoms with E-state index in [1.165, 1.54) is 0 Å². The Bertz CT molecular complexity index is 108. The molecule has 0 rings (SSSR count). The molecule has 0 aliphatic carbocycles. The van der Waals surface area contributed by atoms with Crippen LogP contribution in [-0.4, -0.2) is 40.4 Å². The Morgan fingerprint density at radius 3 is 1.35 bits per heavy atom. The Kier molecular flexibility index (Phi) is 30.9. The van der Waals surface area contributed by atoms with E-state index in [1.807, 2.05) is 0 Å². The van der Waals surface area contributed by atoms with Crippen molar-refractivity contribution < 1.29 is 39.9 Å². The van der Waals surface area contributed by atoms with E-state index in [9.17, 15) is 35.1 Å². The minimum atomic E-state index is -4.62. The first kappa shape index (κ1) is 25.3. The van der Waals surface area contributed by atoms with E-state index in [0.29, 0.717) is 14.4 Å². The predicted molar refractivity (Wildman–Crippen MR) is 48.3 cm³/mol. The van der Waals surface area contributed by atoms with Crippen molar-refractivity contribution in [3.8, 4) is 0 Å². The monoisotopic (exact) mass is 280 g/mol. The highest BCUT2D eigenvalue weighted by Gasteiger charge is 2.26. The SMILES string of the molecule is CCC(F)OCF.CF.CF.FCC(F)(F)F. The van der Waals surface area contributed by atoms with Crippen LogP contribution in [0, 0.1) is 0 Å². The van der Waals surface area contributed by atoms with Gasteiger partial charge in [0.2, 0.25) is 6.36 Å². The molecular formula is C8H16F8O. The minimum Gasteiger partial charge on any atom is -0.317 e. The molecule has 9 heteroatoms. The second kappa shape index (κ2) is 20.8. The summed E-state index contributed by atoms with van der Waals surface area (Å²) in [7, 11) is 1.00. The zero-order valence-corrected chi connectivity index (χ0v) is 9.63. The lowest BCUT2D eigenvalue weighted by molar-refractivity contribution is -0.142. The van der Waals surface area contributed by atoms with Crippen LogP contribution in [0.2, 0.25) is 0 Å². The van der Waals surface area contributed by atoms with Gasteiger partial charge in [-0.05, 0) is 0 Å². The average molecular weight is 280 g/mol. The third-order valence-electron chi connectivity index (χ3n) is 0.716. The average Bonchev–Trinajstić information content (AvgIpc) is 2.34. The van der Waals surface area contributed by atoms with E-state index in [-0.39, 0.29) is 6.42 Å². The Morgan fingerprint density at radius 2 is 1.29 bits per heavy atom. The molecule has 0 aliphatic rings. The minimum absolute atomic E-state index is 0.212. The van der Waals surface area contributed by atoms with Gasteiger partial charge in [0.05, 0.1) is 14.4 Å². The third kappa shape index (κ3) is 50.5. The zero-order valence-electron chi connectivity index (χ0n) is 9.63. The van der Waals surface area contributed by atoms with Crippen molar-refractivity contribution in [3.63, 3.8) is 0 Å². The molecule has 0 aromatic heterocycles. The molecule has 0 saturated carbocycles. The van der Waals surface area contributed by atoms with Gasteiger partial charge in [-0.1, -0.05) is 6.92 Å². The molecule has 0 bridgehead atoms. The molecule has 0 aromatic carbocycles. The van der Waals surface area contributed by atoms with Gasteiger partial charge in [0.15, 0.2) is 13.5 Å². The summed E-state index contributed by atoms with van der Waals surface area (Å²) in [5.74, 6) is 0. The number of hydrogen-bond donors (Lipinski definition) is 0. The molecule has 0 spiro atoms. The molecule has 0 aliphatic heterocycles. The highest BCUT2D eigenvalue weighted by Crippen LogP contribution is 2.13. The fourth-order valence-electron chi connectivity index (χ4n) is 0.186. The lowest BCUT2D eigenvalue weighted by Crippen LogP contribution is -2.08. The van der Waals surface area contributed by atoms with Gasteiger partial charge < -0.3 is 4.74 Å². The maximum absolute atomic E-state index is 11.7. The molecule has 1 nitrogen and oxygen atoms in total. The Hall–Kier alpha value is -0.600. The van der Waals surface area contributed by atoms with Gasteiger partial charge >= 0.3 is 6.18 Å². The Balaban J connectivity index is -0.0000000772. The second-order valence-corrected chi connectivity index (χ2v) is 1.84.